The van der Waals surface area contributed by atoms with Gasteiger partial charge in [-0.3, -0.25) is 0 Å². The first-order valence-corrected chi connectivity index (χ1v) is 3.71. The predicted octanol–water partition coefficient (Wildman–Crippen LogP) is -3.29. The quantitative estimate of drug-likeness (QED) is 0.287. The lowest BCUT2D eigenvalue weighted by Gasteiger charge is -2.38. The Bertz CT molecular complexity index is 152. The van der Waals surface area contributed by atoms with Crippen LogP contribution >= 0.6 is 0 Å². The zero-order valence-electron chi connectivity index (χ0n) is 6.50. The summed E-state index contributed by atoms with van der Waals surface area (Å²) in [5, 5.41) is 27.1. The molecular formula is C6H14N2O4. The molecule has 0 spiro atoms. The van der Waals surface area contributed by atoms with Crippen molar-refractivity contribution in [2.24, 2.45) is 11.5 Å². The molecule has 6 heteroatoms. The minimum Gasteiger partial charge on any atom is -0.394 e. The number of hydrogen-bond acceptors (Lipinski definition) is 6. The van der Waals surface area contributed by atoms with Crippen LogP contribution in [0.15, 0.2) is 0 Å². The van der Waals surface area contributed by atoms with Gasteiger partial charge in [0.25, 0.3) is 0 Å². The van der Waals surface area contributed by atoms with Gasteiger partial charge < -0.3 is 31.5 Å². The zero-order chi connectivity index (χ0) is 9.30. The van der Waals surface area contributed by atoms with Gasteiger partial charge in [-0.25, -0.2) is 0 Å². The molecule has 0 aromatic heterocycles. The summed E-state index contributed by atoms with van der Waals surface area (Å²) in [5.41, 5.74) is 10.8. The molecule has 0 amide bonds. The Labute approximate surface area is 69.7 Å². The molecule has 0 aliphatic carbocycles. The van der Waals surface area contributed by atoms with Crippen LogP contribution in [-0.4, -0.2) is 52.5 Å². The van der Waals surface area contributed by atoms with E-state index in [1.165, 1.54) is 0 Å². The average molecular weight is 178 g/mol. The molecular weight excluding hydrogens is 164 g/mol. The Hall–Kier alpha value is -0.240. The minimum atomic E-state index is -1.22. The smallest absolute Gasteiger partial charge is 0.171 e. The third-order valence-electron chi connectivity index (χ3n) is 2.04. The number of aliphatic hydroxyl groups is 3. The van der Waals surface area contributed by atoms with Gasteiger partial charge >= 0.3 is 0 Å². The summed E-state index contributed by atoms with van der Waals surface area (Å²) in [7, 11) is 0. The molecule has 1 fully saturated rings. The lowest BCUT2D eigenvalue weighted by atomic mass is 9.96. The monoisotopic (exact) mass is 178 g/mol. The first kappa shape index (κ1) is 9.85. The molecule has 5 atom stereocenters. The van der Waals surface area contributed by atoms with E-state index in [1.807, 2.05) is 0 Å². The molecule has 0 radical (unpaired) electrons. The highest BCUT2D eigenvalue weighted by atomic mass is 16.6. The Morgan fingerprint density at radius 3 is 2.25 bits per heavy atom. The van der Waals surface area contributed by atoms with E-state index in [0.717, 1.165) is 0 Å². The lowest BCUT2D eigenvalue weighted by Crippen LogP contribution is -2.65. The van der Waals surface area contributed by atoms with Crippen LogP contribution < -0.4 is 11.5 Å². The summed E-state index contributed by atoms with van der Waals surface area (Å²) >= 11 is 0. The van der Waals surface area contributed by atoms with Crippen LogP contribution in [0.1, 0.15) is 0 Å². The van der Waals surface area contributed by atoms with E-state index in [4.69, 9.17) is 26.4 Å². The minimum absolute atomic E-state index is 0.390. The van der Waals surface area contributed by atoms with Gasteiger partial charge in [0.1, 0.15) is 6.10 Å². The molecule has 12 heavy (non-hydrogen) atoms. The van der Waals surface area contributed by atoms with Gasteiger partial charge in [-0.05, 0) is 0 Å². The molecule has 7 N–H and O–H groups in total. The standard InChI is InChI=1S/C6H14N2O4/c7-3-4(8)6(11)12-2(1-9)5(3)10/h2-6,9-11H,1,7-8H2/t2-,3+,4+,5-,6+/m1/s1. The molecule has 1 aliphatic rings. The van der Waals surface area contributed by atoms with E-state index in [0.29, 0.717) is 0 Å². The lowest BCUT2D eigenvalue weighted by molar-refractivity contribution is -0.221. The highest BCUT2D eigenvalue weighted by molar-refractivity contribution is 4.93. The third-order valence-corrected chi connectivity index (χ3v) is 2.04. The van der Waals surface area contributed by atoms with Gasteiger partial charge in [-0.15, -0.1) is 0 Å². The highest BCUT2D eigenvalue weighted by Gasteiger charge is 2.40. The van der Waals surface area contributed by atoms with Gasteiger partial charge in [0, 0.05) is 0 Å². The normalized spacial score (nSPS) is 49.2. The molecule has 0 aromatic carbocycles. The first-order valence-electron chi connectivity index (χ1n) is 3.71. The number of nitrogens with two attached hydrogens (primary N) is 2. The molecule has 0 unspecified atom stereocenters. The van der Waals surface area contributed by atoms with Crippen molar-refractivity contribution in [3.8, 4) is 0 Å². The SMILES string of the molecule is N[C@H]1[C@H](N)[C@@H](O)O[C@H](CO)[C@H]1O. The molecule has 6 nitrogen and oxygen atoms in total. The van der Waals surface area contributed by atoms with E-state index in [9.17, 15) is 5.11 Å². The summed E-state index contributed by atoms with van der Waals surface area (Å²) in [4.78, 5) is 0. The predicted molar refractivity (Wildman–Crippen MR) is 39.9 cm³/mol. The fourth-order valence-corrected chi connectivity index (χ4v) is 1.17. The number of rotatable bonds is 1. The second-order valence-corrected chi connectivity index (χ2v) is 2.89. The van der Waals surface area contributed by atoms with Crippen LogP contribution in [0.3, 0.4) is 0 Å². The number of ether oxygens (including phenoxy) is 1. The van der Waals surface area contributed by atoms with E-state index in [1.54, 1.807) is 0 Å². The molecule has 72 valence electrons. The Morgan fingerprint density at radius 2 is 1.75 bits per heavy atom. The van der Waals surface area contributed by atoms with Gasteiger partial charge in [0.2, 0.25) is 0 Å². The third kappa shape index (κ3) is 1.58. The van der Waals surface area contributed by atoms with Crippen molar-refractivity contribution in [3.63, 3.8) is 0 Å². The highest BCUT2D eigenvalue weighted by Crippen LogP contribution is 2.16. The molecule has 0 saturated carbocycles. The van der Waals surface area contributed by atoms with Crippen LogP contribution in [0, 0.1) is 0 Å². The molecule has 1 saturated heterocycles. The average Bonchev–Trinajstić information content (AvgIpc) is 2.08. The van der Waals surface area contributed by atoms with Crippen molar-refractivity contribution in [2.45, 2.75) is 30.6 Å². The van der Waals surface area contributed by atoms with Gasteiger partial charge in [-0.2, -0.15) is 0 Å². The molecule has 0 aromatic rings. The van der Waals surface area contributed by atoms with Crippen LogP contribution in [0.5, 0.6) is 0 Å². The van der Waals surface area contributed by atoms with Crippen LogP contribution in [0.25, 0.3) is 0 Å². The molecule has 1 rings (SSSR count). The topological polar surface area (TPSA) is 122 Å². The molecule has 1 heterocycles. The maximum Gasteiger partial charge on any atom is 0.171 e. The fourth-order valence-electron chi connectivity index (χ4n) is 1.17. The molecule has 0 bridgehead atoms. The largest absolute Gasteiger partial charge is 0.394 e. The van der Waals surface area contributed by atoms with Crippen molar-refractivity contribution in [2.75, 3.05) is 6.61 Å². The maximum absolute atomic E-state index is 9.32. The number of aliphatic hydroxyl groups excluding tert-OH is 3. The van der Waals surface area contributed by atoms with E-state index < -0.39 is 37.2 Å². The second-order valence-electron chi connectivity index (χ2n) is 2.89. The Balaban J connectivity index is 2.63. The summed E-state index contributed by atoms with van der Waals surface area (Å²) in [6.45, 7) is -0.390. The van der Waals surface area contributed by atoms with Crippen molar-refractivity contribution in [1.82, 2.24) is 0 Å². The Kier molecular flexibility index (Phi) is 2.99. The summed E-state index contributed by atoms with van der Waals surface area (Å²) in [5.74, 6) is 0. The zero-order valence-corrected chi connectivity index (χ0v) is 6.50. The molecule has 1 aliphatic heterocycles. The van der Waals surface area contributed by atoms with Gasteiger partial charge in [-0.1, -0.05) is 0 Å². The van der Waals surface area contributed by atoms with Crippen molar-refractivity contribution in [3.05, 3.63) is 0 Å². The first-order chi connectivity index (χ1) is 5.57. The summed E-state index contributed by atoms with van der Waals surface area (Å²) in [6, 6.07) is -1.59. The van der Waals surface area contributed by atoms with Crippen LogP contribution in [0.2, 0.25) is 0 Å². The van der Waals surface area contributed by atoms with E-state index in [2.05, 4.69) is 0 Å². The van der Waals surface area contributed by atoms with Gasteiger partial charge in [0.15, 0.2) is 6.29 Å². The summed E-state index contributed by atoms with van der Waals surface area (Å²) < 4.78 is 4.78. The Morgan fingerprint density at radius 1 is 1.17 bits per heavy atom. The van der Waals surface area contributed by atoms with Crippen molar-refractivity contribution in [1.29, 1.82) is 0 Å². The van der Waals surface area contributed by atoms with Crippen LogP contribution in [-0.2, 0) is 4.74 Å². The maximum atomic E-state index is 9.32. The van der Waals surface area contributed by atoms with E-state index in [-0.39, 0.29) is 0 Å². The second kappa shape index (κ2) is 3.65. The number of hydrogen-bond donors (Lipinski definition) is 5. The van der Waals surface area contributed by atoms with Crippen LogP contribution in [0.4, 0.5) is 0 Å². The summed E-state index contributed by atoms with van der Waals surface area (Å²) in [6.07, 6.45) is -3.11. The van der Waals surface area contributed by atoms with Crippen molar-refractivity contribution < 1.29 is 20.1 Å². The van der Waals surface area contributed by atoms with Crippen molar-refractivity contribution >= 4 is 0 Å². The van der Waals surface area contributed by atoms with E-state index >= 15 is 0 Å². The van der Waals surface area contributed by atoms with Gasteiger partial charge in [0.05, 0.1) is 24.8 Å². The fraction of sp³-hybridized carbons (Fsp3) is 1.00.